The van der Waals surface area contributed by atoms with Gasteiger partial charge < -0.3 is 25.7 Å². The van der Waals surface area contributed by atoms with Crippen molar-refractivity contribution in [2.45, 2.75) is 12.2 Å². The van der Waals surface area contributed by atoms with Gasteiger partial charge >= 0.3 is 0 Å². The molecule has 0 radical (unpaired) electrons. The Labute approximate surface area is 86.7 Å². The summed E-state index contributed by atoms with van der Waals surface area (Å²) in [5.41, 5.74) is 4.84. The van der Waals surface area contributed by atoms with Crippen molar-refractivity contribution in [2.75, 3.05) is 13.1 Å². The molecule has 0 aromatic carbocycles. The van der Waals surface area contributed by atoms with Gasteiger partial charge in [-0.05, 0) is 12.1 Å². The van der Waals surface area contributed by atoms with E-state index in [-0.39, 0.29) is 13.1 Å². The monoisotopic (exact) mass is 214 g/mol. The molecule has 0 aliphatic heterocycles. The minimum atomic E-state index is -1.24. The van der Waals surface area contributed by atoms with Crippen LogP contribution in [0.2, 0.25) is 0 Å². The van der Waals surface area contributed by atoms with Gasteiger partial charge in [0.2, 0.25) is 5.91 Å². The van der Waals surface area contributed by atoms with E-state index < -0.39 is 18.1 Å². The van der Waals surface area contributed by atoms with Crippen LogP contribution in [0.5, 0.6) is 0 Å². The molecule has 1 heterocycles. The molecule has 84 valence electrons. The van der Waals surface area contributed by atoms with E-state index in [4.69, 9.17) is 15.3 Å². The maximum Gasteiger partial charge on any atom is 0.247 e. The lowest BCUT2D eigenvalue weighted by molar-refractivity contribution is -0.125. The third-order valence-electron chi connectivity index (χ3n) is 1.88. The molecule has 6 heteroatoms. The fraction of sp³-hybridized carbons (Fsp3) is 0.444. The van der Waals surface area contributed by atoms with Crippen LogP contribution >= 0.6 is 0 Å². The van der Waals surface area contributed by atoms with Crippen molar-refractivity contribution in [1.29, 1.82) is 0 Å². The van der Waals surface area contributed by atoms with Gasteiger partial charge in [-0.25, -0.2) is 0 Å². The number of hydrogen-bond donors (Lipinski definition) is 4. The fourth-order valence-electron chi connectivity index (χ4n) is 1.04. The van der Waals surface area contributed by atoms with Crippen LogP contribution in [0, 0.1) is 0 Å². The predicted molar refractivity (Wildman–Crippen MR) is 51.7 cm³/mol. The predicted octanol–water partition coefficient (Wildman–Crippen LogP) is -1.25. The zero-order chi connectivity index (χ0) is 11.3. The molecular formula is C9H14N2O4. The largest absolute Gasteiger partial charge is 0.467 e. The van der Waals surface area contributed by atoms with Gasteiger partial charge in [-0.1, -0.05) is 0 Å². The Morgan fingerprint density at radius 3 is 2.80 bits per heavy atom. The molecule has 0 aliphatic carbocycles. The fourth-order valence-corrected chi connectivity index (χ4v) is 1.04. The summed E-state index contributed by atoms with van der Waals surface area (Å²) in [5, 5.41) is 21.2. The molecule has 0 saturated heterocycles. The van der Waals surface area contributed by atoms with Crippen molar-refractivity contribution in [3.8, 4) is 0 Å². The number of nitrogens with two attached hydrogens (primary N) is 1. The summed E-state index contributed by atoms with van der Waals surface area (Å²) in [7, 11) is 0. The Balaban J connectivity index is 2.23. The van der Waals surface area contributed by atoms with Gasteiger partial charge in [-0.2, -0.15) is 0 Å². The number of carbonyl (C=O) groups is 1. The summed E-state index contributed by atoms with van der Waals surface area (Å²) in [6, 6.07) is 3.30. The first-order chi connectivity index (χ1) is 7.11. The third kappa shape index (κ3) is 3.70. The van der Waals surface area contributed by atoms with E-state index in [1.807, 2.05) is 0 Å². The summed E-state index contributed by atoms with van der Waals surface area (Å²) in [6.07, 6.45) is -0.592. The Morgan fingerprint density at radius 2 is 2.27 bits per heavy atom. The first-order valence-corrected chi connectivity index (χ1v) is 4.51. The highest BCUT2D eigenvalue weighted by molar-refractivity contribution is 5.78. The van der Waals surface area contributed by atoms with E-state index >= 15 is 0 Å². The molecule has 2 unspecified atom stereocenters. The lowest BCUT2D eigenvalue weighted by Gasteiger charge is -2.11. The second-order valence-electron chi connectivity index (χ2n) is 3.11. The molecule has 0 bridgehead atoms. The lowest BCUT2D eigenvalue weighted by atomic mass is 10.2. The highest BCUT2D eigenvalue weighted by Gasteiger charge is 2.13. The number of nitrogens with one attached hydrogen (secondary N) is 1. The molecule has 0 fully saturated rings. The number of hydrogen-bond acceptors (Lipinski definition) is 5. The average molecular weight is 214 g/mol. The third-order valence-corrected chi connectivity index (χ3v) is 1.88. The summed E-state index contributed by atoms with van der Waals surface area (Å²) in [4.78, 5) is 10.5. The number of rotatable bonds is 6. The van der Waals surface area contributed by atoms with E-state index in [2.05, 4.69) is 5.32 Å². The van der Waals surface area contributed by atoms with Crippen molar-refractivity contribution in [3.05, 3.63) is 24.2 Å². The zero-order valence-corrected chi connectivity index (χ0v) is 8.09. The molecule has 1 amide bonds. The highest BCUT2D eigenvalue weighted by Crippen LogP contribution is 2.11. The number of aliphatic hydroxyl groups excluding tert-OH is 2. The first-order valence-electron chi connectivity index (χ1n) is 4.51. The summed E-state index contributed by atoms with van der Waals surface area (Å²) in [5.74, 6) is -0.369. The Kier molecular flexibility index (Phi) is 4.29. The normalized spacial score (nSPS) is 14.8. The van der Waals surface area contributed by atoms with Crippen LogP contribution in [-0.4, -0.2) is 35.3 Å². The van der Waals surface area contributed by atoms with Gasteiger partial charge in [0.1, 0.15) is 18.0 Å². The number of furan rings is 1. The first kappa shape index (κ1) is 11.7. The van der Waals surface area contributed by atoms with E-state index in [1.165, 1.54) is 6.26 Å². The molecule has 1 rings (SSSR count). The topological polar surface area (TPSA) is 109 Å². The summed E-state index contributed by atoms with van der Waals surface area (Å²) >= 11 is 0. The van der Waals surface area contributed by atoms with E-state index in [1.54, 1.807) is 12.1 Å². The molecule has 0 aliphatic rings. The lowest BCUT2D eigenvalue weighted by Crippen LogP contribution is -2.38. The van der Waals surface area contributed by atoms with E-state index in [9.17, 15) is 9.90 Å². The van der Waals surface area contributed by atoms with Crippen molar-refractivity contribution >= 4 is 5.91 Å². The molecular weight excluding hydrogens is 200 g/mol. The molecule has 2 atom stereocenters. The molecule has 1 aromatic rings. The van der Waals surface area contributed by atoms with Crippen LogP contribution in [0.4, 0.5) is 0 Å². The van der Waals surface area contributed by atoms with Gasteiger partial charge in [-0.3, -0.25) is 4.79 Å². The SMILES string of the molecule is NC(=O)C(O)CNCC(O)c1ccco1. The minimum absolute atomic E-state index is 0.00705. The van der Waals surface area contributed by atoms with E-state index in [0.717, 1.165) is 0 Å². The van der Waals surface area contributed by atoms with Gasteiger partial charge in [0.25, 0.3) is 0 Å². The van der Waals surface area contributed by atoms with Crippen molar-refractivity contribution in [1.82, 2.24) is 5.32 Å². The highest BCUT2D eigenvalue weighted by atomic mass is 16.4. The Morgan fingerprint density at radius 1 is 1.53 bits per heavy atom. The van der Waals surface area contributed by atoms with Crippen LogP contribution in [0.1, 0.15) is 11.9 Å². The van der Waals surface area contributed by atoms with Crippen LogP contribution in [-0.2, 0) is 4.79 Å². The average Bonchev–Trinajstić information content (AvgIpc) is 2.70. The number of amides is 1. The van der Waals surface area contributed by atoms with E-state index in [0.29, 0.717) is 5.76 Å². The van der Waals surface area contributed by atoms with Crippen LogP contribution in [0.25, 0.3) is 0 Å². The van der Waals surface area contributed by atoms with Crippen LogP contribution < -0.4 is 11.1 Å². The Hall–Kier alpha value is -1.37. The summed E-state index contributed by atoms with van der Waals surface area (Å²) in [6.45, 7) is 0.185. The van der Waals surface area contributed by atoms with Crippen molar-refractivity contribution in [3.63, 3.8) is 0 Å². The second kappa shape index (κ2) is 5.50. The molecule has 5 N–H and O–H groups in total. The smallest absolute Gasteiger partial charge is 0.247 e. The van der Waals surface area contributed by atoms with Gasteiger partial charge in [0.15, 0.2) is 0 Å². The number of primary amides is 1. The number of aliphatic hydroxyl groups is 2. The van der Waals surface area contributed by atoms with Crippen LogP contribution in [0.15, 0.2) is 22.8 Å². The molecule has 1 aromatic heterocycles. The zero-order valence-electron chi connectivity index (χ0n) is 8.09. The standard InChI is InChI=1S/C9H14N2O4/c10-9(14)7(13)5-11-4-6(12)8-2-1-3-15-8/h1-3,6-7,11-13H,4-5H2,(H2,10,14). The quantitative estimate of drug-likeness (QED) is 0.473. The molecule has 15 heavy (non-hydrogen) atoms. The van der Waals surface area contributed by atoms with Gasteiger partial charge in [0, 0.05) is 13.1 Å². The van der Waals surface area contributed by atoms with Crippen LogP contribution in [0.3, 0.4) is 0 Å². The van der Waals surface area contributed by atoms with Crippen molar-refractivity contribution < 1.29 is 19.4 Å². The molecule has 6 nitrogen and oxygen atoms in total. The summed E-state index contributed by atoms with van der Waals surface area (Å²) < 4.78 is 4.96. The molecule has 0 spiro atoms. The maximum absolute atomic E-state index is 10.5. The Bertz CT molecular complexity index is 299. The molecule has 0 saturated carbocycles. The van der Waals surface area contributed by atoms with Gasteiger partial charge in [0.05, 0.1) is 6.26 Å². The van der Waals surface area contributed by atoms with Crippen molar-refractivity contribution in [2.24, 2.45) is 5.73 Å². The van der Waals surface area contributed by atoms with Gasteiger partial charge in [-0.15, -0.1) is 0 Å². The second-order valence-corrected chi connectivity index (χ2v) is 3.11. The maximum atomic E-state index is 10.5. The number of carbonyl (C=O) groups excluding carboxylic acids is 1. The minimum Gasteiger partial charge on any atom is -0.467 e.